The van der Waals surface area contributed by atoms with Crippen LogP contribution in [0.1, 0.15) is 94.6 Å². The number of aromatic nitrogens is 4. The van der Waals surface area contributed by atoms with Crippen LogP contribution < -0.4 is 37.1 Å². The number of nitrogens with one attached hydrogen (secondary N) is 3. The Bertz CT molecular complexity index is 2680. The van der Waals surface area contributed by atoms with Crippen molar-refractivity contribution >= 4 is 76.0 Å². The minimum absolute atomic E-state index is 0.0253. The molecule has 0 bridgehead atoms. The first-order chi connectivity index (χ1) is 36.2. The zero-order chi connectivity index (χ0) is 53.7. The predicted molar refractivity (Wildman–Crippen MR) is 265 cm³/mol. The quantitative estimate of drug-likeness (QED) is 0.0261. The van der Waals surface area contributed by atoms with E-state index in [1.807, 2.05) is 4.90 Å². The zero-order valence-corrected chi connectivity index (χ0v) is 41.2. The van der Waals surface area contributed by atoms with Gasteiger partial charge in [-0.1, -0.05) is 18.9 Å². The highest BCUT2D eigenvalue weighted by atomic mass is 16.6. The summed E-state index contributed by atoms with van der Waals surface area (Å²) in [7, 11) is 0. The maximum atomic E-state index is 13.2. The Morgan fingerprint density at radius 2 is 1.48 bits per heavy atom. The number of benzene rings is 2. The van der Waals surface area contributed by atoms with Crippen molar-refractivity contribution in [2.75, 3.05) is 88.9 Å². The van der Waals surface area contributed by atoms with E-state index in [9.17, 15) is 43.5 Å². The smallest absolute Gasteiger partial charge is 0.326 e. The number of carboxylic acid groups (broad SMARTS) is 2. The fourth-order valence-corrected chi connectivity index (χ4v) is 7.98. The molecule has 1 saturated heterocycles. The third-order valence-electron chi connectivity index (χ3n) is 11.8. The van der Waals surface area contributed by atoms with E-state index in [1.165, 1.54) is 6.07 Å². The molecule has 2 aliphatic heterocycles. The number of fused-ring (bicyclic) bond motifs is 2. The first-order valence-corrected chi connectivity index (χ1v) is 24.4. The van der Waals surface area contributed by atoms with Crippen molar-refractivity contribution in [3.8, 4) is 5.75 Å². The van der Waals surface area contributed by atoms with E-state index in [2.05, 4.69) is 35.9 Å². The van der Waals surface area contributed by atoms with Crippen molar-refractivity contribution in [1.82, 2.24) is 40.8 Å². The largest absolute Gasteiger partial charge is 0.490 e. The molecule has 402 valence electrons. The standard InChI is InChI=1S/C49H61N11O15/c50-42-41-43(58-49(51)57-42)53-28-31(54-41)29-59(32-10-8-30(9-11-32)44(65)55-34(48(69)70)12-15-39(63)64)18-4-2-1-3-17-52-37(61)16-19-71-20-21-72-22-23-73-24-25-74-26-27-75-36-7-5-6-33-40(36)47(68)60(46(33)67)35-13-14-38(62)56-45(35)66/h5-11,28,34-35H,1-4,12-27,29H2,(H,52,61)(H,55,65)(H,63,64)(H,69,70)(H,56,62,66)(H4,50,51,53,57,58)/t34-,35?/m0/s1. The van der Waals surface area contributed by atoms with E-state index in [0.29, 0.717) is 63.9 Å². The lowest BCUT2D eigenvalue weighted by Crippen LogP contribution is -2.54. The van der Waals surface area contributed by atoms with Gasteiger partial charge in [-0.05, 0) is 62.1 Å². The van der Waals surface area contributed by atoms with E-state index in [1.54, 1.807) is 42.6 Å². The molecule has 0 spiro atoms. The Balaban J connectivity index is 0.792. The molecule has 4 aromatic rings. The summed E-state index contributed by atoms with van der Waals surface area (Å²) in [4.78, 5) is 118. The van der Waals surface area contributed by atoms with Crippen LogP contribution in [-0.4, -0.2) is 167 Å². The Labute approximate surface area is 430 Å². The van der Waals surface area contributed by atoms with E-state index in [4.69, 9.17) is 40.3 Å². The number of carbonyl (C=O) groups excluding carboxylic acids is 6. The van der Waals surface area contributed by atoms with Gasteiger partial charge in [0.1, 0.15) is 24.4 Å². The van der Waals surface area contributed by atoms with Gasteiger partial charge in [0.25, 0.3) is 17.7 Å². The fourth-order valence-electron chi connectivity index (χ4n) is 7.98. The van der Waals surface area contributed by atoms with E-state index in [-0.39, 0.29) is 97.9 Å². The summed E-state index contributed by atoms with van der Waals surface area (Å²) in [6.45, 7) is 3.77. The predicted octanol–water partition coefficient (Wildman–Crippen LogP) is 1.25. The first kappa shape index (κ1) is 56.4. The second-order valence-corrected chi connectivity index (χ2v) is 17.2. The van der Waals surface area contributed by atoms with Gasteiger partial charge in [-0.2, -0.15) is 9.97 Å². The topological polar surface area (TPSA) is 369 Å². The number of carboxylic acids is 2. The number of carbonyl (C=O) groups is 8. The summed E-state index contributed by atoms with van der Waals surface area (Å²) in [6.07, 6.45) is 4.37. The normalized spacial score (nSPS) is 14.6. The molecule has 6 rings (SSSR count). The van der Waals surface area contributed by atoms with Crippen molar-refractivity contribution in [3.63, 3.8) is 0 Å². The molecule has 1 unspecified atom stereocenters. The molecule has 2 aromatic carbocycles. The summed E-state index contributed by atoms with van der Waals surface area (Å²) < 4.78 is 27.9. The van der Waals surface area contributed by atoms with Crippen molar-refractivity contribution in [3.05, 3.63) is 71.0 Å². The van der Waals surface area contributed by atoms with Crippen molar-refractivity contribution in [2.45, 2.75) is 76.4 Å². The number of rotatable bonds is 33. The molecule has 1 fully saturated rings. The van der Waals surface area contributed by atoms with Gasteiger partial charge in [-0.15, -0.1) is 0 Å². The number of piperidine rings is 1. The third kappa shape index (κ3) is 16.8. The van der Waals surface area contributed by atoms with Crippen LogP contribution in [0.5, 0.6) is 5.75 Å². The van der Waals surface area contributed by atoms with Crippen LogP contribution in [0, 0.1) is 0 Å². The number of nitrogens with zero attached hydrogens (tertiary/aromatic N) is 6. The Hall–Kier alpha value is -7.94. The monoisotopic (exact) mass is 1040 g/mol. The summed E-state index contributed by atoms with van der Waals surface area (Å²) in [5.41, 5.74) is 14.0. The van der Waals surface area contributed by atoms with Crippen LogP contribution in [0.2, 0.25) is 0 Å². The van der Waals surface area contributed by atoms with E-state index in [0.717, 1.165) is 36.3 Å². The highest BCUT2D eigenvalue weighted by Crippen LogP contribution is 2.33. The maximum Gasteiger partial charge on any atom is 0.326 e. The lowest BCUT2D eigenvalue weighted by molar-refractivity contribution is -0.141. The SMILES string of the molecule is Nc1nc(N)c2nc(CN(CCCCCCNC(=O)CCOCCOCCOCCOCCOc3cccc4c3C(=O)N(C3CCC(=O)NC3=O)C4=O)c3ccc(C(=O)N[C@@H](CCC(=O)O)C(=O)O)cc3)cnc2n1. The highest BCUT2D eigenvalue weighted by molar-refractivity contribution is 6.24. The summed E-state index contributed by atoms with van der Waals surface area (Å²) >= 11 is 0. The first-order valence-electron chi connectivity index (χ1n) is 24.4. The van der Waals surface area contributed by atoms with Crippen molar-refractivity contribution < 1.29 is 72.3 Å². The third-order valence-corrected chi connectivity index (χ3v) is 11.8. The molecule has 26 heteroatoms. The van der Waals surface area contributed by atoms with Gasteiger partial charge < -0.3 is 60.9 Å². The Morgan fingerprint density at radius 3 is 2.16 bits per heavy atom. The molecule has 2 aliphatic rings. The Morgan fingerprint density at radius 1 is 0.800 bits per heavy atom. The van der Waals surface area contributed by atoms with Crippen LogP contribution >= 0.6 is 0 Å². The second kappa shape index (κ2) is 28.5. The lowest BCUT2D eigenvalue weighted by atomic mass is 10.0. The summed E-state index contributed by atoms with van der Waals surface area (Å²) in [6, 6.07) is 8.75. The molecule has 4 heterocycles. The number of hydrogen-bond acceptors (Lipinski definition) is 20. The number of ether oxygens (including phenoxy) is 5. The number of amides is 6. The van der Waals surface area contributed by atoms with Crippen LogP contribution in [0.3, 0.4) is 0 Å². The number of nitrogen functional groups attached to an aromatic ring is 2. The number of unbranched alkanes of at least 4 members (excludes halogenated alkanes) is 3. The second-order valence-electron chi connectivity index (χ2n) is 17.2. The average molecular weight is 1040 g/mol. The average Bonchev–Trinajstić information content (AvgIpc) is 3.63. The molecule has 6 amide bonds. The van der Waals surface area contributed by atoms with Gasteiger partial charge in [-0.3, -0.25) is 43.8 Å². The highest BCUT2D eigenvalue weighted by Gasteiger charge is 2.46. The Kier molecular flexibility index (Phi) is 21.4. The molecule has 0 radical (unpaired) electrons. The number of nitrogens with two attached hydrogens (primary N) is 2. The van der Waals surface area contributed by atoms with Crippen LogP contribution in [-0.2, 0) is 49.5 Å². The van der Waals surface area contributed by atoms with Gasteiger partial charge >= 0.3 is 11.9 Å². The molecule has 0 aliphatic carbocycles. The van der Waals surface area contributed by atoms with E-state index < -0.39 is 60.0 Å². The number of imide groups is 2. The molecular formula is C49H61N11O15. The molecule has 9 N–H and O–H groups in total. The maximum absolute atomic E-state index is 13.2. The van der Waals surface area contributed by atoms with Crippen LogP contribution in [0.25, 0.3) is 11.2 Å². The van der Waals surface area contributed by atoms with Crippen molar-refractivity contribution in [2.24, 2.45) is 0 Å². The van der Waals surface area contributed by atoms with Crippen LogP contribution in [0.15, 0.2) is 48.7 Å². The fraction of sp³-hybridized carbons (Fsp3) is 0.469. The van der Waals surface area contributed by atoms with Gasteiger partial charge in [0.05, 0.1) is 82.4 Å². The van der Waals surface area contributed by atoms with Gasteiger partial charge in [0.15, 0.2) is 17.0 Å². The van der Waals surface area contributed by atoms with Crippen molar-refractivity contribution in [1.29, 1.82) is 0 Å². The number of aliphatic carboxylic acids is 2. The summed E-state index contributed by atoms with van der Waals surface area (Å²) in [5, 5.41) is 25.9. The minimum atomic E-state index is -1.37. The number of anilines is 3. The molecular weight excluding hydrogens is 983 g/mol. The van der Waals surface area contributed by atoms with Gasteiger partial charge in [0.2, 0.25) is 23.7 Å². The van der Waals surface area contributed by atoms with E-state index >= 15 is 0 Å². The molecule has 2 aromatic heterocycles. The van der Waals surface area contributed by atoms with Gasteiger partial charge in [-0.25, -0.2) is 14.8 Å². The zero-order valence-electron chi connectivity index (χ0n) is 41.2. The summed E-state index contributed by atoms with van der Waals surface area (Å²) in [5.74, 6) is -5.44. The molecule has 0 saturated carbocycles. The molecule has 75 heavy (non-hydrogen) atoms. The molecule has 26 nitrogen and oxygen atoms in total. The lowest BCUT2D eigenvalue weighted by Gasteiger charge is -2.27. The van der Waals surface area contributed by atoms with Crippen LogP contribution in [0.4, 0.5) is 17.5 Å². The molecule has 2 atom stereocenters. The number of hydrogen-bond donors (Lipinski definition) is 7. The minimum Gasteiger partial charge on any atom is -0.490 e. The van der Waals surface area contributed by atoms with Gasteiger partial charge in [0, 0.05) is 43.6 Å².